The largest absolute Gasteiger partial charge is 0.468 e. The molecule has 0 aliphatic heterocycles. The van der Waals surface area contributed by atoms with E-state index >= 15 is 0 Å². The van der Waals surface area contributed by atoms with E-state index in [0.717, 1.165) is 5.56 Å². The van der Waals surface area contributed by atoms with E-state index in [1.165, 1.54) is 0 Å². The lowest BCUT2D eigenvalue weighted by atomic mass is 9.75. The molecule has 2 unspecified atom stereocenters. The Hall–Kier alpha value is -1.90. The molecule has 1 aromatic heterocycles. The standard InChI is InChI=1S/C13H10O3/c1-7-6-16-13-9-5-3-2-4-8(9)11(14)12(15)10(7)13/h2-6,8-9H,1H3. The van der Waals surface area contributed by atoms with Crippen LogP contribution >= 0.6 is 0 Å². The molecule has 0 radical (unpaired) electrons. The average Bonchev–Trinajstić information content (AvgIpc) is 2.69. The minimum absolute atomic E-state index is 0.112. The molecule has 0 N–H and O–H groups in total. The second kappa shape index (κ2) is 3.04. The summed E-state index contributed by atoms with van der Waals surface area (Å²) in [4.78, 5) is 23.8. The molecule has 80 valence electrons. The van der Waals surface area contributed by atoms with Gasteiger partial charge in [-0.1, -0.05) is 24.3 Å². The van der Waals surface area contributed by atoms with E-state index in [-0.39, 0.29) is 17.6 Å². The molecule has 3 nitrogen and oxygen atoms in total. The van der Waals surface area contributed by atoms with Crippen LogP contribution in [-0.2, 0) is 4.79 Å². The highest BCUT2D eigenvalue weighted by molar-refractivity contribution is 6.46. The smallest absolute Gasteiger partial charge is 0.233 e. The number of hydrogen-bond donors (Lipinski definition) is 0. The Morgan fingerprint density at radius 2 is 1.81 bits per heavy atom. The maximum atomic E-state index is 11.9. The summed E-state index contributed by atoms with van der Waals surface area (Å²) in [5, 5.41) is 0. The summed E-state index contributed by atoms with van der Waals surface area (Å²) in [6, 6.07) is 0. The molecule has 16 heavy (non-hydrogen) atoms. The molecule has 0 spiro atoms. The first-order valence-corrected chi connectivity index (χ1v) is 5.21. The van der Waals surface area contributed by atoms with Crippen LogP contribution in [0.5, 0.6) is 0 Å². The van der Waals surface area contributed by atoms with Gasteiger partial charge in [0.15, 0.2) is 0 Å². The molecule has 2 aliphatic carbocycles. The third-order valence-corrected chi connectivity index (χ3v) is 3.19. The number of rotatable bonds is 0. The van der Waals surface area contributed by atoms with Gasteiger partial charge in [0.25, 0.3) is 0 Å². The Bertz CT molecular complexity index is 546. The quantitative estimate of drug-likeness (QED) is 0.622. The zero-order chi connectivity index (χ0) is 11.3. The maximum absolute atomic E-state index is 11.9. The minimum atomic E-state index is -0.414. The van der Waals surface area contributed by atoms with Crippen LogP contribution in [0.4, 0.5) is 0 Å². The number of carbonyl (C=O) groups is 2. The molecule has 0 saturated carbocycles. The maximum Gasteiger partial charge on any atom is 0.233 e. The van der Waals surface area contributed by atoms with Gasteiger partial charge in [-0.15, -0.1) is 0 Å². The first-order valence-electron chi connectivity index (χ1n) is 5.21. The third-order valence-electron chi connectivity index (χ3n) is 3.19. The Labute approximate surface area is 92.4 Å². The van der Waals surface area contributed by atoms with Crippen LogP contribution < -0.4 is 0 Å². The molecular weight excluding hydrogens is 204 g/mol. The molecule has 1 heterocycles. The van der Waals surface area contributed by atoms with Gasteiger partial charge in [0, 0.05) is 5.92 Å². The first-order chi connectivity index (χ1) is 7.70. The fourth-order valence-electron chi connectivity index (χ4n) is 2.38. The number of allylic oxidation sites excluding steroid dienone is 4. The summed E-state index contributed by atoms with van der Waals surface area (Å²) in [6.45, 7) is 1.79. The van der Waals surface area contributed by atoms with Crippen molar-refractivity contribution in [1.29, 1.82) is 0 Å². The summed E-state index contributed by atoms with van der Waals surface area (Å²) in [5.74, 6) is -0.604. The van der Waals surface area contributed by atoms with Crippen LogP contribution in [0.25, 0.3) is 0 Å². The molecular formula is C13H10O3. The van der Waals surface area contributed by atoms with E-state index in [2.05, 4.69) is 0 Å². The number of Topliss-reactive ketones (excluding diaryl/α,β-unsaturated/α-hetero) is 2. The summed E-state index contributed by atoms with van der Waals surface area (Å²) >= 11 is 0. The van der Waals surface area contributed by atoms with E-state index in [9.17, 15) is 9.59 Å². The van der Waals surface area contributed by atoms with E-state index in [0.29, 0.717) is 11.3 Å². The normalized spacial score (nSPS) is 26.8. The van der Waals surface area contributed by atoms with Crippen molar-refractivity contribution >= 4 is 11.6 Å². The number of fused-ring (bicyclic) bond motifs is 3. The fraction of sp³-hybridized carbons (Fsp3) is 0.231. The molecule has 3 rings (SSSR count). The van der Waals surface area contributed by atoms with E-state index in [1.54, 1.807) is 25.3 Å². The van der Waals surface area contributed by atoms with Gasteiger partial charge >= 0.3 is 0 Å². The van der Waals surface area contributed by atoms with Crippen molar-refractivity contribution < 1.29 is 14.0 Å². The molecule has 2 aliphatic rings. The van der Waals surface area contributed by atoms with Crippen LogP contribution in [-0.4, -0.2) is 11.6 Å². The Morgan fingerprint density at radius 1 is 1.12 bits per heavy atom. The van der Waals surface area contributed by atoms with Crippen LogP contribution in [0.15, 0.2) is 35.0 Å². The predicted octanol–water partition coefficient (Wildman–Crippen LogP) is 2.18. The molecule has 0 amide bonds. The van der Waals surface area contributed by atoms with Crippen LogP contribution in [0.3, 0.4) is 0 Å². The van der Waals surface area contributed by atoms with Gasteiger partial charge in [0.05, 0.1) is 17.7 Å². The first kappa shape index (κ1) is 9.33. The molecule has 0 bridgehead atoms. The van der Waals surface area contributed by atoms with Crippen molar-refractivity contribution in [2.24, 2.45) is 5.92 Å². The molecule has 1 aromatic rings. The summed E-state index contributed by atoms with van der Waals surface area (Å²) < 4.78 is 5.42. The zero-order valence-electron chi connectivity index (χ0n) is 8.77. The van der Waals surface area contributed by atoms with Gasteiger partial charge in [-0.05, 0) is 12.5 Å². The minimum Gasteiger partial charge on any atom is -0.468 e. The van der Waals surface area contributed by atoms with Gasteiger partial charge in [-0.3, -0.25) is 9.59 Å². The summed E-state index contributed by atoms with van der Waals surface area (Å²) in [5.41, 5.74) is 1.21. The topological polar surface area (TPSA) is 47.3 Å². The van der Waals surface area contributed by atoms with Crippen molar-refractivity contribution in [3.05, 3.63) is 47.5 Å². The van der Waals surface area contributed by atoms with Crippen molar-refractivity contribution in [2.75, 3.05) is 0 Å². The fourth-order valence-corrected chi connectivity index (χ4v) is 2.38. The number of ketones is 2. The molecule has 2 atom stereocenters. The predicted molar refractivity (Wildman–Crippen MR) is 57.3 cm³/mol. The Morgan fingerprint density at radius 3 is 2.56 bits per heavy atom. The zero-order valence-corrected chi connectivity index (χ0v) is 8.77. The summed E-state index contributed by atoms with van der Waals surface area (Å²) in [7, 11) is 0. The molecule has 0 fully saturated rings. The van der Waals surface area contributed by atoms with E-state index in [4.69, 9.17) is 4.42 Å². The number of furan rings is 1. The second-order valence-corrected chi connectivity index (χ2v) is 4.17. The van der Waals surface area contributed by atoms with Crippen molar-refractivity contribution in [2.45, 2.75) is 12.8 Å². The van der Waals surface area contributed by atoms with E-state index in [1.807, 2.05) is 12.2 Å². The molecule has 0 aromatic carbocycles. The Kier molecular flexibility index (Phi) is 1.78. The SMILES string of the molecule is Cc1coc2c1C(=O)C(=O)C1C=CC=CC21. The van der Waals surface area contributed by atoms with Crippen LogP contribution in [0.1, 0.15) is 27.6 Å². The Balaban J connectivity index is 2.25. The van der Waals surface area contributed by atoms with Crippen molar-refractivity contribution in [3.8, 4) is 0 Å². The lowest BCUT2D eigenvalue weighted by Gasteiger charge is -2.25. The van der Waals surface area contributed by atoms with Gasteiger partial charge in [0.1, 0.15) is 5.76 Å². The monoisotopic (exact) mass is 214 g/mol. The third kappa shape index (κ3) is 1.03. The molecule has 3 heteroatoms. The van der Waals surface area contributed by atoms with Crippen LogP contribution in [0.2, 0.25) is 0 Å². The molecule has 0 saturated heterocycles. The van der Waals surface area contributed by atoms with Crippen molar-refractivity contribution in [1.82, 2.24) is 0 Å². The van der Waals surface area contributed by atoms with Crippen molar-refractivity contribution in [3.63, 3.8) is 0 Å². The highest BCUT2D eigenvalue weighted by Crippen LogP contribution is 2.39. The van der Waals surface area contributed by atoms with Gasteiger partial charge in [0.2, 0.25) is 11.6 Å². The lowest BCUT2D eigenvalue weighted by molar-refractivity contribution is -0.118. The van der Waals surface area contributed by atoms with Gasteiger partial charge < -0.3 is 4.42 Å². The number of hydrogen-bond acceptors (Lipinski definition) is 3. The second-order valence-electron chi connectivity index (χ2n) is 4.17. The van der Waals surface area contributed by atoms with E-state index < -0.39 is 5.78 Å². The number of carbonyl (C=O) groups excluding carboxylic acids is 2. The lowest BCUT2D eigenvalue weighted by Crippen LogP contribution is -2.33. The van der Waals surface area contributed by atoms with Gasteiger partial charge in [-0.2, -0.15) is 0 Å². The van der Waals surface area contributed by atoms with Gasteiger partial charge in [-0.25, -0.2) is 0 Å². The average molecular weight is 214 g/mol. The van der Waals surface area contributed by atoms with Crippen LogP contribution in [0, 0.1) is 12.8 Å². The highest BCUT2D eigenvalue weighted by Gasteiger charge is 2.42. The highest BCUT2D eigenvalue weighted by atomic mass is 16.3. The summed E-state index contributed by atoms with van der Waals surface area (Å²) in [6.07, 6.45) is 8.91. The number of aryl methyl sites for hydroxylation is 1.